The quantitative estimate of drug-likeness (QED) is 0.166. The van der Waals surface area contributed by atoms with Crippen LogP contribution in [0.4, 0.5) is 0 Å². The molecule has 0 bridgehead atoms. The molecular formula is C45H38IrN2O-2. The number of furan rings is 1. The van der Waals surface area contributed by atoms with Crippen molar-refractivity contribution in [1.29, 1.82) is 0 Å². The molecule has 49 heavy (non-hydrogen) atoms. The summed E-state index contributed by atoms with van der Waals surface area (Å²) in [7, 11) is 0. The fourth-order valence-corrected chi connectivity index (χ4v) is 5.69. The van der Waals surface area contributed by atoms with Gasteiger partial charge in [-0.1, -0.05) is 124 Å². The number of rotatable bonds is 4. The van der Waals surface area contributed by atoms with Crippen LogP contribution in [0.1, 0.15) is 48.4 Å². The SMILES string of the molecule is [2H]C([2H])([2H])c1c[c-]c(-c2ccc(C([2H])([2H])[2H])cn2)cc1.[2H]C([2H])(c1ccc(-c2ccc(-c3[c-]ccc4c3oc3c5ccccc5ccc43)nc2)cc1)C(C)(C)C.[Ir]. The van der Waals surface area contributed by atoms with E-state index in [1.54, 1.807) is 12.1 Å². The average Bonchev–Trinajstić information content (AvgIpc) is 3.57. The summed E-state index contributed by atoms with van der Waals surface area (Å²) < 4.78 is 67.1. The summed E-state index contributed by atoms with van der Waals surface area (Å²) in [5, 5.41) is 4.39. The van der Waals surface area contributed by atoms with Crippen LogP contribution in [0.15, 0.2) is 132 Å². The van der Waals surface area contributed by atoms with Crippen LogP contribution in [-0.4, -0.2) is 9.97 Å². The molecule has 4 heteroatoms. The molecule has 0 N–H and O–H groups in total. The molecule has 0 aliphatic heterocycles. The van der Waals surface area contributed by atoms with Crippen LogP contribution in [0, 0.1) is 31.3 Å². The minimum atomic E-state index is -2.18. The van der Waals surface area contributed by atoms with Crippen molar-refractivity contribution in [3.8, 4) is 33.6 Å². The summed E-state index contributed by atoms with van der Waals surface area (Å²) in [6, 6.07) is 42.0. The molecule has 0 aliphatic carbocycles. The molecule has 8 aromatic rings. The minimum absolute atomic E-state index is 0. The third-order valence-electron chi connectivity index (χ3n) is 7.93. The first-order valence-corrected chi connectivity index (χ1v) is 15.7. The van der Waals surface area contributed by atoms with Crippen molar-refractivity contribution in [2.24, 2.45) is 5.41 Å². The molecule has 8 rings (SSSR count). The first-order chi connectivity index (χ1) is 26.4. The summed E-state index contributed by atoms with van der Waals surface area (Å²) in [6.07, 6.45) is 1.74. The molecule has 3 nitrogen and oxygen atoms in total. The zero-order valence-corrected chi connectivity index (χ0v) is 29.7. The van der Waals surface area contributed by atoms with Gasteiger partial charge in [0, 0.05) is 54.2 Å². The Morgan fingerprint density at radius 1 is 0.673 bits per heavy atom. The third-order valence-corrected chi connectivity index (χ3v) is 7.93. The summed E-state index contributed by atoms with van der Waals surface area (Å²) in [6.45, 7) is 1.43. The zero-order valence-electron chi connectivity index (χ0n) is 35.3. The van der Waals surface area contributed by atoms with E-state index in [0.29, 0.717) is 16.8 Å². The van der Waals surface area contributed by atoms with Gasteiger partial charge in [-0.05, 0) is 57.7 Å². The normalized spacial score (nSPS) is 14.5. The second kappa shape index (κ2) is 14.3. The van der Waals surface area contributed by atoms with Gasteiger partial charge in [0.15, 0.2) is 0 Å². The van der Waals surface area contributed by atoms with Gasteiger partial charge >= 0.3 is 0 Å². The van der Waals surface area contributed by atoms with Crippen LogP contribution in [0.2, 0.25) is 0 Å². The van der Waals surface area contributed by atoms with Crippen molar-refractivity contribution in [3.63, 3.8) is 0 Å². The Balaban J connectivity index is 0.000000223. The first-order valence-electron chi connectivity index (χ1n) is 19.7. The van der Waals surface area contributed by atoms with Gasteiger partial charge in [-0.2, -0.15) is 0 Å². The maximum atomic E-state index is 8.51. The smallest absolute Gasteiger partial charge is 0.128 e. The molecule has 0 aliphatic rings. The van der Waals surface area contributed by atoms with Crippen molar-refractivity contribution < 1.29 is 35.5 Å². The number of fused-ring (bicyclic) bond motifs is 5. The second-order valence-electron chi connectivity index (χ2n) is 12.7. The number of pyridine rings is 2. The van der Waals surface area contributed by atoms with E-state index in [1.165, 1.54) is 24.4 Å². The van der Waals surface area contributed by atoms with Gasteiger partial charge in [0.05, 0.1) is 5.58 Å². The van der Waals surface area contributed by atoms with E-state index in [4.69, 9.17) is 20.4 Å². The van der Waals surface area contributed by atoms with Crippen LogP contribution < -0.4 is 0 Å². The fourth-order valence-electron chi connectivity index (χ4n) is 5.69. The molecule has 0 amide bonds. The van der Waals surface area contributed by atoms with Gasteiger partial charge in [0.25, 0.3) is 0 Å². The Morgan fingerprint density at radius 3 is 2.10 bits per heavy atom. The van der Waals surface area contributed by atoms with E-state index in [1.807, 2.05) is 87.6 Å². The second-order valence-corrected chi connectivity index (χ2v) is 12.7. The maximum absolute atomic E-state index is 8.51. The molecule has 1 radical (unpaired) electrons. The van der Waals surface area contributed by atoms with Crippen LogP contribution >= 0.6 is 0 Å². The largest absolute Gasteiger partial charge is 0.500 e. The molecule has 3 heterocycles. The van der Waals surface area contributed by atoms with E-state index < -0.39 is 25.5 Å². The molecule has 3 aromatic heterocycles. The molecular weight excluding hydrogens is 777 g/mol. The monoisotopic (exact) mass is 823 g/mol. The number of hydrogen-bond donors (Lipinski definition) is 0. The van der Waals surface area contributed by atoms with Crippen molar-refractivity contribution in [3.05, 3.63) is 156 Å². The van der Waals surface area contributed by atoms with E-state index in [9.17, 15) is 0 Å². The van der Waals surface area contributed by atoms with Crippen LogP contribution in [0.3, 0.4) is 0 Å². The van der Waals surface area contributed by atoms with E-state index in [0.717, 1.165) is 55.1 Å². The molecule has 0 saturated carbocycles. The van der Waals surface area contributed by atoms with Crippen molar-refractivity contribution in [2.75, 3.05) is 0 Å². The minimum Gasteiger partial charge on any atom is -0.500 e. The van der Waals surface area contributed by atoms with Gasteiger partial charge in [-0.3, -0.25) is 0 Å². The first kappa shape index (κ1) is 25.1. The van der Waals surface area contributed by atoms with Crippen molar-refractivity contribution in [2.45, 2.75) is 40.8 Å². The van der Waals surface area contributed by atoms with Crippen molar-refractivity contribution in [1.82, 2.24) is 9.97 Å². The molecule has 245 valence electrons. The van der Waals surface area contributed by atoms with E-state index in [2.05, 4.69) is 41.4 Å². The van der Waals surface area contributed by atoms with Gasteiger partial charge in [-0.25, -0.2) is 0 Å². The zero-order chi connectivity index (χ0) is 40.0. The summed E-state index contributed by atoms with van der Waals surface area (Å²) in [5.74, 6) is 0. The Morgan fingerprint density at radius 2 is 1.41 bits per heavy atom. The number of benzene rings is 5. The van der Waals surface area contributed by atoms with E-state index >= 15 is 0 Å². The third kappa shape index (κ3) is 7.57. The fraction of sp³-hybridized carbons (Fsp3) is 0.156. The average molecular weight is 823 g/mol. The Kier molecular flexibility index (Phi) is 7.34. The Labute approximate surface area is 313 Å². The van der Waals surface area contributed by atoms with Crippen LogP contribution in [0.25, 0.3) is 66.4 Å². The maximum Gasteiger partial charge on any atom is 0.128 e. The number of aromatic nitrogens is 2. The number of nitrogens with zero attached hydrogens (tertiary/aromatic N) is 2. The molecule has 0 saturated heterocycles. The topological polar surface area (TPSA) is 38.9 Å². The van der Waals surface area contributed by atoms with E-state index in [-0.39, 0.29) is 31.2 Å². The predicted molar refractivity (Wildman–Crippen MR) is 200 cm³/mol. The Hall–Kier alpha value is -4.89. The molecule has 0 atom stereocenters. The molecule has 0 unspecified atom stereocenters. The predicted octanol–water partition coefficient (Wildman–Crippen LogP) is 12.0. The van der Waals surface area contributed by atoms with Gasteiger partial charge in [-0.15, -0.1) is 53.6 Å². The number of hydrogen-bond acceptors (Lipinski definition) is 3. The van der Waals surface area contributed by atoms with Crippen molar-refractivity contribution >= 4 is 32.7 Å². The van der Waals surface area contributed by atoms with Gasteiger partial charge in [0.2, 0.25) is 0 Å². The molecule has 0 fully saturated rings. The Bertz CT molecular complexity index is 2590. The summed E-state index contributed by atoms with van der Waals surface area (Å²) >= 11 is 0. The standard InChI is InChI=1S/C32H26NO.C13H12N.Ir/c1-32(2,3)19-21-11-13-22(14-12-21)24-16-18-29(33-20-24)28-10-6-9-26-27-17-15-23-7-4-5-8-25(23)30(27)34-31(26)28;1-10-3-6-12(7-4-10)13-8-5-11(2)9-14-13;/h4-9,11-18,20H,19H2,1-3H3;3-6,8-9H,1-2H3;/q2*-1;/i19D2;1D3,2D3;. The van der Waals surface area contributed by atoms with Crippen LogP contribution in [0.5, 0.6) is 0 Å². The van der Waals surface area contributed by atoms with Gasteiger partial charge < -0.3 is 14.4 Å². The van der Waals surface area contributed by atoms with Gasteiger partial charge in [0.1, 0.15) is 5.58 Å². The molecule has 5 aromatic carbocycles. The summed E-state index contributed by atoms with van der Waals surface area (Å²) in [4.78, 5) is 8.83. The molecule has 0 spiro atoms. The van der Waals surface area contributed by atoms with Crippen LogP contribution in [-0.2, 0) is 26.5 Å². The summed E-state index contributed by atoms with van der Waals surface area (Å²) in [5.41, 5.74) is 7.03. The number of aryl methyl sites for hydroxylation is 2.